The van der Waals surface area contributed by atoms with Crippen LogP contribution in [0, 0.1) is 0 Å². The Bertz CT molecular complexity index is 712. The largest absolute Gasteiger partial charge is 0.478 e. The Balaban J connectivity index is 2.98. The molecular weight excluding hydrogens is 332 g/mol. The summed E-state index contributed by atoms with van der Waals surface area (Å²) >= 11 is 0.954. The average molecular weight is 348 g/mol. The van der Waals surface area contributed by atoms with Crippen molar-refractivity contribution in [2.75, 3.05) is 11.6 Å². The Kier molecular flexibility index (Phi) is 5.30. The summed E-state index contributed by atoms with van der Waals surface area (Å²) in [5.41, 5.74) is -1.22. The average Bonchev–Trinajstić information content (AvgIpc) is 2.69. The summed E-state index contributed by atoms with van der Waals surface area (Å²) in [4.78, 5) is 26.6. The predicted octanol–water partition coefficient (Wildman–Crippen LogP) is 1.96. The van der Waals surface area contributed by atoms with E-state index in [0.29, 0.717) is 5.41 Å². The summed E-state index contributed by atoms with van der Waals surface area (Å²) in [6.07, 6.45) is 0.139. The summed E-state index contributed by atoms with van der Waals surface area (Å²) in [7, 11) is -3.64. The van der Waals surface area contributed by atoms with Gasteiger partial charge >= 0.3 is 12.1 Å². The van der Waals surface area contributed by atoms with Gasteiger partial charge in [-0.2, -0.15) is 0 Å². The molecule has 0 saturated heterocycles. The third-order valence-electron chi connectivity index (χ3n) is 1.95. The van der Waals surface area contributed by atoms with Gasteiger partial charge in [-0.15, -0.1) is 11.3 Å². The van der Waals surface area contributed by atoms with Crippen molar-refractivity contribution in [3.8, 4) is 0 Å². The zero-order valence-corrected chi connectivity index (χ0v) is 14.0. The van der Waals surface area contributed by atoms with Crippen LogP contribution in [0.4, 0.5) is 9.93 Å². The second-order valence-corrected chi connectivity index (χ2v) is 8.08. The maximum absolute atomic E-state index is 11.6. The van der Waals surface area contributed by atoms with E-state index in [1.165, 1.54) is 5.38 Å². The number of anilines is 1. The maximum Gasteiger partial charge on any atom is 0.413 e. The zero-order valence-electron chi connectivity index (χ0n) is 12.4. The van der Waals surface area contributed by atoms with Gasteiger partial charge in [0.25, 0.3) is 0 Å². The second-order valence-electron chi connectivity index (χ2n) is 5.33. The van der Waals surface area contributed by atoms with Crippen molar-refractivity contribution in [1.82, 2.24) is 4.98 Å². The number of carboxylic acids is 1. The van der Waals surface area contributed by atoms with Crippen molar-refractivity contribution in [2.24, 2.45) is 0 Å². The zero-order chi connectivity index (χ0) is 17.1. The lowest BCUT2D eigenvalue weighted by Gasteiger charge is -2.18. The van der Waals surface area contributed by atoms with Gasteiger partial charge in [-0.3, -0.25) is 5.32 Å². The van der Waals surface area contributed by atoms with Crippen LogP contribution in [-0.4, -0.2) is 42.4 Å². The third kappa shape index (κ3) is 6.22. The first-order valence-corrected chi connectivity index (χ1v) is 8.82. The van der Waals surface area contributed by atoms with E-state index < -0.39 is 33.1 Å². The fraction of sp³-hybridized carbons (Fsp3) is 0.417. The number of carbonyl (C=O) groups is 2. The van der Waals surface area contributed by atoms with Gasteiger partial charge in [-0.05, 0) is 20.8 Å². The lowest BCUT2D eigenvalue weighted by molar-refractivity contribution is -0.130. The molecule has 0 aliphatic carbocycles. The van der Waals surface area contributed by atoms with Crippen LogP contribution in [0.3, 0.4) is 0 Å². The molecule has 0 atom stereocenters. The van der Waals surface area contributed by atoms with Crippen LogP contribution < -0.4 is 5.32 Å². The summed E-state index contributed by atoms with van der Waals surface area (Å²) in [5, 5.41) is 13.5. The molecule has 1 rings (SSSR count). The minimum absolute atomic E-state index is 0.0611. The fourth-order valence-corrected chi connectivity index (χ4v) is 2.63. The smallest absolute Gasteiger partial charge is 0.413 e. The molecule has 22 heavy (non-hydrogen) atoms. The number of aromatic nitrogens is 1. The molecule has 0 aromatic carbocycles. The second kappa shape index (κ2) is 6.44. The number of nitrogens with zero attached hydrogens (tertiary/aromatic N) is 1. The first-order chi connectivity index (χ1) is 9.87. The molecule has 0 aliphatic heterocycles. The van der Waals surface area contributed by atoms with Crippen molar-refractivity contribution in [3.05, 3.63) is 16.5 Å². The van der Waals surface area contributed by atoms with E-state index in [9.17, 15) is 18.0 Å². The first-order valence-electron chi connectivity index (χ1n) is 5.98. The van der Waals surface area contributed by atoms with Crippen LogP contribution in [0.2, 0.25) is 0 Å². The number of aliphatic carboxylic acids is 1. The van der Waals surface area contributed by atoms with E-state index in [-0.39, 0.29) is 10.8 Å². The number of thiazole rings is 1. The molecule has 8 nitrogen and oxygen atoms in total. The Morgan fingerprint density at radius 3 is 2.45 bits per heavy atom. The number of carbonyl (C=O) groups excluding carboxylic acids is 1. The molecule has 0 fully saturated rings. The molecule has 0 spiro atoms. The van der Waals surface area contributed by atoms with Crippen molar-refractivity contribution < 1.29 is 27.9 Å². The molecule has 0 aliphatic rings. The molecule has 1 aromatic rings. The number of amides is 1. The molecule has 10 heteroatoms. The van der Waals surface area contributed by atoms with Crippen molar-refractivity contribution >= 4 is 43.9 Å². The molecule has 0 saturated carbocycles. The van der Waals surface area contributed by atoms with Gasteiger partial charge in [0.1, 0.15) is 5.60 Å². The Morgan fingerprint density at radius 2 is 2.00 bits per heavy atom. The third-order valence-corrected chi connectivity index (χ3v) is 3.37. The number of ether oxygens (including phenoxy) is 1. The monoisotopic (exact) mass is 348 g/mol. The van der Waals surface area contributed by atoms with Crippen molar-refractivity contribution in [2.45, 2.75) is 26.4 Å². The van der Waals surface area contributed by atoms with Crippen LogP contribution in [0.5, 0.6) is 0 Å². The molecule has 1 aromatic heterocycles. The number of sulfone groups is 1. The summed E-state index contributed by atoms with van der Waals surface area (Å²) in [6, 6.07) is 0. The van der Waals surface area contributed by atoms with E-state index in [1.54, 1.807) is 20.8 Å². The van der Waals surface area contributed by atoms with E-state index in [0.717, 1.165) is 17.6 Å². The lowest BCUT2D eigenvalue weighted by atomic mass is 10.2. The minimum Gasteiger partial charge on any atom is -0.478 e. The fourth-order valence-electron chi connectivity index (χ4n) is 1.28. The topological polar surface area (TPSA) is 123 Å². The highest BCUT2D eigenvalue weighted by atomic mass is 32.2. The lowest BCUT2D eigenvalue weighted by Crippen LogP contribution is -2.27. The van der Waals surface area contributed by atoms with Gasteiger partial charge in [-0.1, -0.05) is 0 Å². The SMILES string of the molecule is CC(C)(C)OC(=O)Nc1nc(C(=CS(C)(=O)=O)C(=O)O)cs1. The van der Waals surface area contributed by atoms with Gasteiger partial charge in [-0.25, -0.2) is 23.0 Å². The van der Waals surface area contributed by atoms with Gasteiger partial charge < -0.3 is 9.84 Å². The van der Waals surface area contributed by atoms with Crippen LogP contribution >= 0.6 is 11.3 Å². The molecular formula is C12H16N2O6S2. The molecule has 2 N–H and O–H groups in total. The first kappa shape index (κ1) is 18.1. The van der Waals surface area contributed by atoms with Gasteiger partial charge in [0.2, 0.25) is 0 Å². The normalized spacial score (nSPS) is 12.8. The number of hydrogen-bond acceptors (Lipinski definition) is 7. The highest BCUT2D eigenvalue weighted by Crippen LogP contribution is 2.23. The molecule has 0 bridgehead atoms. The molecule has 1 heterocycles. The quantitative estimate of drug-likeness (QED) is 0.797. The predicted molar refractivity (Wildman–Crippen MR) is 82.4 cm³/mol. The maximum atomic E-state index is 11.6. The van der Waals surface area contributed by atoms with Gasteiger partial charge in [0.15, 0.2) is 15.0 Å². The van der Waals surface area contributed by atoms with E-state index in [1.807, 2.05) is 0 Å². The number of rotatable bonds is 4. The Labute approximate surface area is 131 Å². The summed E-state index contributed by atoms with van der Waals surface area (Å²) in [5.74, 6) is -1.43. The van der Waals surface area contributed by atoms with E-state index in [4.69, 9.17) is 9.84 Å². The summed E-state index contributed by atoms with van der Waals surface area (Å²) in [6.45, 7) is 5.08. The van der Waals surface area contributed by atoms with Crippen molar-refractivity contribution in [1.29, 1.82) is 0 Å². The van der Waals surface area contributed by atoms with Gasteiger partial charge in [0.05, 0.1) is 11.3 Å². The van der Waals surface area contributed by atoms with Gasteiger partial charge in [0, 0.05) is 17.0 Å². The molecule has 1 amide bonds. The molecule has 122 valence electrons. The standard InChI is InChI=1S/C12H16N2O6S2/c1-12(2,3)20-11(17)14-10-13-8(5-21-10)7(9(15)16)6-22(4,18)19/h5-6H,1-4H3,(H,15,16)(H,13,14,17). The van der Waals surface area contributed by atoms with Crippen molar-refractivity contribution in [3.63, 3.8) is 0 Å². The molecule has 0 radical (unpaired) electrons. The molecule has 0 unspecified atom stereocenters. The minimum atomic E-state index is -3.64. The van der Waals surface area contributed by atoms with Crippen LogP contribution in [-0.2, 0) is 19.4 Å². The number of carboxylic acid groups (broad SMARTS) is 1. The Morgan fingerprint density at radius 1 is 1.41 bits per heavy atom. The summed E-state index contributed by atoms with van der Waals surface area (Å²) < 4.78 is 27.4. The Hall–Kier alpha value is -1.94. The highest BCUT2D eigenvalue weighted by molar-refractivity contribution is 7.93. The van der Waals surface area contributed by atoms with E-state index in [2.05, 4.69) is 10.3 Å². The highest BCUT2D eigenvalue weighted by Gasteiger charge is 2.20. The number of nitrogens with one attached hydrogen (secondary N) is 1. The van der Waals surface area contributed by atoms with Crippen LogP contribution in [0.1, 0.15) is 26.5 Å². The van der Waals surface area contributed by atoms with Crippen LogP contribution in [0.15, 0.2) is 10.8 Å². The number of hydrogen-bond donors (Lipinski definition) is 2. The van der Waals surface area contributed by atoms with E-state index >= 15 is 0 Å². The van der Waals surface area contributed by atoms with Crippen LogP contribution in [0.25, 0.3) is 5.57 Å².